The number of hydrogen-bond acceptors (Lipinski definition) is 4. The second-order valence-corrected chi connectivity index (χ2v) is 6.76. The SMILES string of the molecule is Cc1[nH]c(C(=O)O)c(C)c1S(=O)(=O)N(C)Cc1ccoc1. The molecular formula is C13H16N2O5S. The highest BCUT2D eigenvalue weighted by Gasteiger charge is 2.29. The van der Waals surface area contributed by atoms with Crippen LogP contribution < -0.4 is 0 Å². The van der Waals surface area contributed by atoms with Gasteiger partial charge in [-0.1, -0.05) is 0 Å². The van der Waals surface area contributed by atoms with Gasteiger partial charge in [-0.3, -0.25) is 0 Å². The Kier molecular flexibility index (Phi) is 3.93. The fourth-order valence-corrected chi connectivity index (χ4v) is 3.77. The first-order valence-electron chi connectivity index (χ1n) is 6.15. The van der Waals surface area contributed by atoms with Gasteiger partial charge in [-0.25, -0.2) is 13.2 Å². The quantitative estimate of drug-likeness (QED) is 0.875. The first-order valence-corrected chi connectivity index (χ1v) is 7.59. The van der Waals surface area contributed by atoms with Crippen molar-refractivity contribution in [2.75, 3.05) is 7.05 Å². The predicted octanol–water partition coefficient (Wildman–Crippen LogP) is 1.74. The summed E-state index contributed by atoms with van der Waals surface area (Å²) in [7, 11) is -2.35. The lowest BCUT2D eigenvalue weighted by atomic mass is 10.2. The molecule has 2 heterocycles. The van der Waals surface area contributed by atoms with Crippen LogP contribution in [0.2, 0.25) is 0 Å². The van der Waals surface area contributed by atoms with Gasteiger partial charge < -0.3 is 14.5 Å². The van der Waals surface area contributed by atoms with Gasteiger partial charge >= 0.3 is 5.97 Å². The van der Waals surface area contributed by atoms with Crippen molar-refractivity contribution < 1.29 is 22.7 Å². The lowest BCUT2D eigenvalue weighted by Crippen LogP contribution is -2.27. The normalized spacial score (nSPS) is 12.0. The number of carboxylic acids is 1. The third-order valence-electron chi connectivity index (χ3n) is 3.24. The molecule has 0 aromatic carbocycles. The van der Waals surface area contributed by atoms with Gasteiger partial charge in [0, 0.05) is 30.4 Å². The monoisotopic (exact) mass is 312 g/mol. The van der Waals surface area contributed by atoms with Crippen LogP contribution in [0.15, 0.2) is 27.9 Å². The molecule has 0 fully saturated rings. The molecule has 0 saturated carbocycles. The van der Waals surface area contributed by atoms with Crippen LogP contribution in [0.5, 0.6) is 0 Å². The maximum Gasteiger partial charge on any atom is 0.352 e. The van der Waals surface area contributed by atoms with Crippen LogP contribution in [0.4, 0.5) is 0 Å². The first-order chi connectivity index (χ1) is 9.75. The van der Waals surface area contributed by atoms with Crippen molar-refractivity contribution in [3.05, 3.63) is 41.1 Å². The Morgan fingerprint density at radius 2 is 2.10 bits per heavy atom. The topological polar surface area (TPSA) is 104 Å². The minimum atomic E-state index is -3.79. The van der Waals surface area contributed by atoms with E-state index in [0.29, 0.717) is 11.3 Å². The van der Waals surface area contributed by atoms with Crippen molar-refractivity contribution in [1.82, 2.24) is 9.29 Å². The van der Waals surface area contributed by atoms with E-state index in [-0.39, 0.29) is 22.7 Å². The van der Waals surface area contributed by atoms with Crippen molar-refractivity contribution in [2.45, 2.75) is 25.3 Å². The summed E-state index contributed by atoms with van der Waals surface area (Å²) in [5, 5.41) is 9.06. The number of H-pyrrole nitrogens is 1. The number of aromatic carboxylic acids is 1. The number of aromatic nitrogens is 1. The molecule has 2 aromatic rings. The molecule has 7 nitrogen and oxygen atoms in total. The first kappa shape index (κ1) is 15.3. The third-order valence-corrected chi connectivity index (χ3v) is 5.31. The molecule has 8 heteroatoms. The van der Waals surface area contributed by atoms with E-state index in [0.717, 1.165) is 4.31 Å². The Hall–Kier alpha value is -2.06. The Balaban J connectivity index is 2.42. The fourth-order valence-electron chi connectivity index (χ4n) is 2.21. The smallest absolute Gasteiger partial charge is 0.352 e. The Bertz CT molecular complexity index is 759. The molecule has 114 valence electrons. The summed E-state index contributed by atoms with van der Waals surface area (Å²) < 4.78 is 31.3. The molecule has 0 saturated heterocycles. The van der Waals surface area contributed by atoms with Crippen molar-refractivity contribution in [2.24, 2.45) is 0 Å². The number of sulfonamides is 1. The lowest BCUT2D eigenvalue weighted by Gasteiger charge is -2.17. The summed E-state index contributed by atoms with van der Waals surface area (Å²) in [6, 6.07) is 1.67. The zero-order valence-corrected chi connectivity index (χ0v) is 12.7. The van der Waals surface area contributed by atoms with E-state index in [4.69, 9.17) is 9.52 Å². The molecule has 2 rings (SSSR count). The van der Waals surface area contributed by atoms with Crippen LogP contribution in [0, 0.1) is 13.8 Å². The summed E-state index contributed by atoms with van der Waals surface area (Å²) in [4.78, 5) is 13.7. The molecule has 0 aliphatic heterocycles. The fraction of sp³-hybridized carbons (Fsp3) is 0.308. The zero-order valence-electron chi connectivity index (χ0n) is 11.9. The Morgan fingerprint density at radius 1 is 1.43 bits per heavy atom. The van der Waals surface area contributed by atoms with E-state index in [1.807, 2.05) is 0 Å². The van der Waals surface area contributed by atoms with Gasteiger partial charge in [0.15, 0.2) is 0 Å². The molecular weight excluding hydrogens is 296 g/mol. The summed E-state index contributed by atoms with van der Waals surface area (Å²) in [5.41, 5.74) is 1.12. The van der Waals surface area contributed by atoms with Gasteiger partial charge in [0.2, 0.25) is 10.0 Å². The standard InChI is InChI=1S/C13H16N2O5S/c1-8-11(13(16)17)14-9(2)12(8)21(18,19)15(3)6-10-4-5-20-7-10/h4-5,7,14H,6H2,1-3H3,(H,16,17). The van der Waals surface area contributed by atoms with Crippen LogP contribution >= 0.6 is 0 Å². The summed E-state index contributed by atoms with van der Waals surface area (Å²) in [6.45, 7) is 3.16. The second kappa shape index (κ2) is 5.38. The van der Waals surface area contributed by atoms with Crippen LogP contribution in [-0.4, -0.2) is 35.8 Å². The molecule has 0 aliphatic rings. The van der Waals surface area contributed by atoms with Gasteiger partial charge in [0.05, 0.1) is 12.5 Å². The van der Waals surface area contributed by atoms with Gasteiger partial charge in [-0.15, -0.1) is 0 Å². The molecule has 2 N–H and O–H groups in total. The number of nitrogens with one attached hydrogen (secondary N) is 1. The molecule has 0 spiro atoms. The maximum atomic E-state index is 12.6. The highest BCUT2D eigenvalue weighted by molar-refractivity contribution is 7.89. The molecule has 0 bridgehead atoms. The number of aromatic amines is 1. The minimum Gasteiger partial charge on any atom is -0.477 e. The number of hydrogen-bond donors (Lipinski definition) is 2. The van der Waals surface area contributed by atoms with Gasteiger partial charge in [0.25, 0.3) is 0 Å². The second-order valence-electron chi connectivity index (χ2n) is 4.78. The molecule has 0 aliphatic carbocycles. The van der Waals surface area contributed by atoms with E-state index in [1.165, 1.54) is 33.4 Å². The van der Waals surface area contributed by atoms with Gasteiger partial charge in [-0.2, -0.15) is 4.31 Å². The van der Waals surface area contributed by atoms with E-state index < -0.39 is 16.0 Å². The minimum absolute atomic E-state index is 0.00546. The summed E-state index contributed by atoms with van der Waals surface area (Å²) in [6.07, 6.45) is 2.93. The Morgan fingerprint density at radius 3 is 2.57 bits per heavy atom. The molecule has 2 aromatic heterocycles. The maximum absolute atomic E-state index is 12.6. The average molecular weight is 312 g/mol. The van der Waals surface area contributed by atoms with E-state index in [2.05, 4.69) is 4.98 Å². The lowest BCUT2D eigenvalue weighted by molar-refractivity contribution is 0.0690. The van der Waals surface area contributed by atoms with Gasteiger partial charge in [0.1, 0.15) is 10.6 Å². The van der Waals surface area contributed by atoms with Crippen molar-refractivity contribution in [3.63, 3.8) is 0 Å². The summed E-state index contributed by atoms with van der Waals surface area (Å²) in [5.74, 6) is -1.19. The number of carbonyl (C=O) groups is 1. The number of aryl methyl sites for hydroxylation is 1. The molecule has 21 heavy (non-hydrogen) atoms. The van der Waals surface area contributed by atoms with Crippen molar-refractivity contribution in [3.8, 4) is 0 Å². The number of carboxylic acid groups (broad SMARTS) is 1. The number of nitrogens with zero attached hydrogens (tertiary/aromatic N) is 1. The van der Waals surface area contributed by atoms with E-state index in [9.17, 15) is 13.2 Å². The van der Waals surface area contributed by atoms with E-state index in [1.54, 1.807) is 6.07 Å². The summed E-state index contributed by atoms with van der Waals surface area (Å²) >= 11 is 0. The van der Waals surface area contributed by atoms with Crippen LogP contribution in [-0.2, 0) is 16.6 Å². The predicted molar refractivity (Wildman–Crippen MR) is 74.6 cm³/mol. The van der Waals surface area contributed by atoms with Gasteiger partial charge in [-0.05, 0) is 19.9 Å². The Labute approximate surface area is 122 Å². The van der Waals surface area contributed by atoms with Crippen molar-refractivity contribution in [1.29, 1.82) is 0 Å². The highest BCUT2D eigenvalue weighted by atomic mass is 32.2. The van der Waals surface area contributed by atoms with Crippen LogP contribution in [0.1, 0.15) is 27.3 Å². The van der Waals surface area contributed by atoms with E-state index >= 15 is 0 Å². The number of rotatable bonds is 5. The van der Waals surface area contributed by atoms with Crippen LogP contribution in [0.3, 0.4) is 0 Å². The zero-order chi connectivity index (χ0) is 15.8. The largest absolute Gasteiger partial charge is 0.477 e. The number of furan rings is 1. The average Bonchev–Trinajstić information content (AvgIpc) is 2.97. The third kappa shape index (κ3) is 2.72. The molecule has 0 atom stereocenters. The molecule has 0 radical (unpaired) electrons. The molecule has 0 amide bonds. The highest BCUT2D eigenvalue weighted by Crippen LogP contribution is 2.26. The van der Waals surface area contributed by atoms with Crippen LogP contribution in [0.25, 0.3) is 0 Å². The molecule has 0 unspecified atom stereocenters. The van der Waals surface area contributed by atoms with Crippen molar-refractivity contribution >= 4 is 16.0 Å².